The number of para-hydroxylation sites is 1. The molecule has 0 spiro atoms. The van der Waals surface area contributed by atoms with Gasteiger partial charge in [-0.3, -0.25) is 0 Å². The quantitative estimate of drug-likeness (QED) is 0.589. The van der Waals surface area contributed by atoms with Crippen LogP contribution >= 0.6 is 0 Å². The van der Waals surface area contributed by atoms with Gasteiger partial charge in [0.2, 0.25) is 0 Å². The van der Waals surface area contributed by atoms with E-state index in [4.69, 9.17) is 0 Å². The summed E-state index contributed by atoms with van der Waals surface area (Å²) in [5, 5.41) is 1.43. The van der Waals surface area contributed by atoms with E-state index >= 15 is 0 Å². The topological polar surface area (TPSA) is 4.93 Å². The maximum absolute atomic E-state index is 2.42. The Kier molecular flexibility index (Phi) is 2.56. The predicted molar refractivity (Wildman–Crippen MR) is 88.8 cm³/mol. The van der Waals surface area contributed by atoms with Gasteiger partial charge in [0.05, 0.1) is 0 Å². The highest BCUT2D eigenvalue weighted by Crippen LogP contribution is 2.52. The van der Waals surface area contributed by atoms with E-state index in [1.54, 1.807) is 5.56 Å². The van der Waals surface area contributed by atoms with Gasteiger partial charge >= 0.3 is 0 Å². The Morgan fingerprint density at radius 1 is 1.00 bits per heavy atom. The summed E-state index contributed by atoms with van der Waals surface area (Å²) in [6.45, 7) is 4.78. The van der Waals surface area contributed by atoms with Crippen LogP contribution in [0.2, 0.25) is 0 Å². The first-order valence-electron chi connectivity index (χ1n) is 7.76. The molecule has 0 saturated carbocycles. The van der Waals surface area contributed by atoms with Gasteiger partial charge in [-0.05, 0) is 36.5 Å². The standard InChI is InChI=1S/C20H21N/c1-14-13-20(2,15-9-5-4-6-10-15)19-18(14)16-11-7-8-12-17(16)21(19)3/h4-12,14H,13H2,1-3H3/t14-,20+/m0/s1. The van der Waals surface area contributed by atoms with Crippen molar-refractivity contribution < 1.29 is 0 Å². The molecule has 4 rings (SSSR count). The van der Waals surface area contributed by atoms with E-state index in [-0.39, 0.29) is 5.41 Å². The average Bonchev–Trinajstić information content (AvgIpc) is 2.96. The van der Waals surface area contributed by atoms with E-state index in [0.717, 1.165) is 0 Å². The molecule has 1 heterocycles. The van der Waals surface area contributed by atoms with Crippen LogP contribution in [-0.4, -0.2) is 4.57 Å². The van der Waals surface area contributed by atoms with Crippen LogP contribution in [0.4, 0.5) is 0 Å². The lowest BCUT2D eigenvalue weighted by molar-refractivity contribution is 0.504. The second-order valence-electron chi connectivity index (χ2n) is 6.64. The molecule has 0 bridgehead atoms. The summed E-state index contributed by atoms with van der Waals surface area (Å²) < 4.78 is 2.42. The molecule has 1 aliphatic rings. The molecule has 0 amide bonds. The van der Waals surface area contributed by atoms with Gasteiger partial charge in [0.15, 0.2) is 0 Å². The van der Waals surface area contributed by atoms with Crippen molar-refractivity contribution in [2.75, 3.05) is 0 Å². The Morgan fingerprint density at radius 2 is 1.67 bits per heavy atom. The molecule has 0 radical (unpaired) electrons. The van der Waals surface area contributed by atoms with Gasteiger partial charge < -0.3 is 4.57 Å². The van der Waals surface area contributed by atoms with Crippen LogP contribution in [0.5, 0.6) is 0 Å². The zero-order chi connectivity index (χ0) is 14.6. The number of aryl methyl sites for hydroxylation is 1. The number of nitrogens with zero attached hydrogens (tertiary/aromatic N) is 1. The Balaban J connectivity index is 2.06. The zero-order valence-electron chi connectivity index (χ0n) is 12.9. The molecule has 1 aliphatic carbocycles. The first-order chi connectivity index (χ1) is 10.1. The fourth-order valence-corrected chi connectivity index (χ4v) is 4.46. The minimum atomic E-state index is 0.115. The number of hydrogen-bond acceptors (Lipinski definition) is 0. The van der Waals surface area contributed by atoms with Gasteiger partial charge in [0.1, 0.15) is 0 Å². The molecule has 0 N–H and O–H groups in total. The van der Waals surface area contributed by atoms with Crippen molar-refractivity contribution in [3.8, 4) is 0 Å². The summed E-state index contributed by atoms with van der Waals surface area (Å²) in [5.41, 5.74) is 5.96. The van der Waals surface area contributed by atoms with Crippen LogP contribution in [0.15, 0.2) is 54.6 Å². The molecule has 21 heavy (non-hydrogen) atoms. The van der Waals surface area contributed by atoms with Crippen molar-refractivity contribution in [3.05, 3.63) is 71.4 Å². The molecule has 0 saturated heterocycles. The highest BCUT2D eigenvalue weighted by molar-refractivity contribution is 5.87. The van der Waals surface area contributed by atoms with Crippen molar-refractivity contribution in [3.63, 3.8) is 0 Å². The Morgan fingerprint density at radius 3 is 2.43 bits per heavy atom. The van der Waals surface area contributed by atoms with Gasteiger partial charge in [-0.15, -0.1) is 0 Å². The van der Waals surface area contributed by atoms with E-state index < -0.39 is 0 Å². The number of rotatable bonds is 1. The largest absolute Gasteiger partial charge is 0.347 e. The van der Waals surface area contributed by atoms with Crippen molar-refractivity contribution >= 4 is 10.9 Å². The molecule has 106 valence electrons. The number of aromatic nitrogens is 1. The summed E-state index contributed by atoms with van der Waals surface area (Å²) in [7, 11) is 2.22. The van der Waals surface area contributed by atoms with E-state index in [0.29, 0.717) is 5.92 Å². The third kappa shape index (κ3) is 1.58. The molecule has 3 aromatic rings. The first-order valence-corrected chi connectivity index (χ1v) is 7.76. The van der Waals surface area contributed by atoms with Crippen LogP contribution in [0.1, 0.15) is 43.0 Å². The lowest BCUT2D eigenvalue weighted by Crippen LogP contribution is -2.23. The van der Waals surface area contributed by atoms with Gasteiger partial charge in [-0.25, -0.2) is 0 Å². The normalized spacial score (nSPS) is 24.4. The van der Waals surface area contributed by atoms with E-state index in [1.165, 1.54) is 28.6 Å². The Labute approximate surface area is 126 Å². The van der Waals surface area contributed by atoms with Crippen LogP contribution in [0.25, 0.3) is 10.9 Å². The Bertz CT molecular complexity index is 812. The molecule has 0 aliphatic heterocycles. The molecule has 0 fully saturated rings. The van der Waals surface area contributed by atoms with Crippen molar-refractivity contribution in [2.45, 2.75) is 31.6 Å². The fraction of sp³-hybridized carbons (Fsp3) is 0.300. The predicted octanol–water partition coefficient (Wildman–Crippen LogP) is 4.99. The van der Waals surface area contributed by atoms with Crippen molar-refractivity contribution in [1.29, 1.82) is 0 Å². The molecule has 1 heteroatoms. The SMILES string of the molecule is C[C@H]1C[C@](C)(c2ccccc2)c2c1c1ccccc1n2C. The summed E-state index contributed by atoms with van der Waals surface area (Å²) in [4.78, 5) is 0. The molecule has 0 unspecified atom stereocenters. The van der Waals surface area contributed by atoms with E-state index in [9.17, 15) is 0 Å². The number of hydrogen-bond donors (Lipinski definition) is 0. The van der Waals surface area contributed by atoms with Crippen LogP contribution < -0.4 is 0 Å². The summed E-state index contributed by atoms with van der Waals surface area (Å²) in [5.74, 6) is 0.608. The first kappa shape index (κ1) is 12.7. The maximum Gasteiger partial charge on any atom is 0.0483 e. The minimum absolute atomic E-state index is 0.115. The fourth-order valence-electron chi connectivity index (χ4n) is 4.46. The monoisotopic (exact) mass is 275 g/mol. The second kappa shape index (κ2) is 4.24. The van der Waals surface area contributed by atoms with Gasteiger partial charge in [-0.2, -0.15) is 0 Å². The lowest BCUT2D eigenvalue weighted by Gasteiger charge is -2.27. The second-order valence-corrected chi connectivity index (χ2v) is 6.64. The summed E-state index contributed by atoms with van der Waals surface area (Å²) >= 11 is 0. The van der Waals surface area contributed by atoms with E-state index in [2.05, 4.69) is 80.1 Å². The van der Waals surface area contributed by atoms with Crippen LogP contribution in [-0.2, 0) is 12.5 Å². The van der Waals surface area contributed by atoms with Crippen molar-refractivity contribution in [1.82, 2.24) is 4.57 Å². The molecule has 2 aromatic carbocycles. The highest BCUT2D eigenvalue weighted by Gasteiger charge is 2.43. The molecular weight excluding hydrogens is 254 g/mol. The van der Waals surface area contributed by atoms with E-state index in [1.807, 2.05) is 0 Å². The minimum Gasteiger partial charge on any atom is -0.347 e. The maximum atomic E-state index is 2.42. The van der Waals surface area contributed by atoms with Gasteiger partial charge in [-0.1, -0.05) is 55.5 Å². The van der Waals surface area contributed by atoms with Crippen molar-refractivity contribution in [2.24, 2.45) is 7.05 Å². The van der Waals surface area contributed by atoms with Gasteiger partial charge in [0.25, 0.3) is 0 Å². The zero-order valence-corrected chi connectivity index (χ0v) is 12.9. The van der Waals surface area contributed by atoms with Gasteiger partial charge in [0, 0.05) is 29.1 Å². The smallest absolute Gasteiger partial charge is 0.0483 e. The molecular formula is C20H21N. The Hall–Kier alpha value is -2.02. The summed E-state index contributed by atoms with van der Waals surface area (Å²) in [6.07, 6.45) is 1.19. The number of fused-ring (bicyclic) bond motifs is 3. The highest BCUT2D eigenvalue weighted by atomic mass is 15.0. The third-order valence-corrected chi connectivity index (χ3v) is 5.29. The third-order valence-electron chi connectivity index (χ3n) is 5.29. The molecule has 1 nitrogen and oxygen atoms in total. The van der Waals surface area contributed by atoms with Crippen LogP contribution in [0.3, 0.4) is 0 Å². The van der Waals surface area contributed by atoms with Crippen LogP contribution in [0, 0.1) is 0 Å². The number of benzene rings is 2. The summed E-state index contributed by atoms with van der Waals surface area (Å²) in [6, 6.07) is 19.8. The molecule has 2 atom stereocenters. The molecule has 1 aromatic heterocycles. The average molecular weight is 275 g/mol. The lowest BCUT2D eigenvalue weighted by atomic mass is 9.79.